The highest BCUT2D eigenvalue weighted by Gasteiger charge is 2.31. The number of allylic oxidation sites excluding steroid dienone is 1. The van der Waals surface area contributed by atoms with Gasteiger partial charge in [-0.3, -0.25) is 4.98 Å². The van der Waals surface area contributed by atoms with Crippen molar-refractivity contribution in [2.75, 3.05) is 7.05 Å². The molecule has 1 aliphatic carbocycles. The molecule has 1 unspecified atom stereocenters. The monoisotopic (exact) mass is 282 g/mol. The molecule has 4 heteroatoms. The Morgan fingerprint density at radius 3 is 2.95 bits per heavy atom. The van der Waals surface area contributed by atoms with Crippen LogP contribution in [-0.4, -0.2) is 27.6 Å². The van der Waals surface area contributed by atoms with Crippen LogP contribution < -0.4 is 5.32 Å². The van der Waals surface area contributed by atoms with E-state index >= 15 is 0 Å². The summed E-state index contributed by atoms with van der Waals surface area (Å²) < 4.78 is 2.14. The number of likely N-dealkylation sites (N-methyl/N-ethyl adjacent to an activating group) is 1. The Balaban J connectivity index is 1.89. The first kappa shape index (κ1) is 14.0. The maximum absolute atomic E-state index is 4.51. The molecular weight excluding hydrogens is 260 g/mol. The van der Waals surface area contributed by atoms with Crippen molar-refractivity contribution in [1.29, 1.82) is 0 Å². The number of nitrogens with zero attached hydrogens (tertiary/aromatic N) is 3. The Kier molecular flexibility index (Phi) is 3.64. The molecule has 0 spiro atoms. The summed E-state index contributed by atoms with van der Waals surface area (Å²) >= 11 is 0. The second kappa shape index (κ2) is 5.45. The van der Waals surface area contributed by atoms with Gasteiger partial charge in [-0.05, 0) is 43.5 Å². The zero-order chi connectivity index (χ0) is 14.9. The van der Waals surface area contributed by atoms with Gasteiger partial charge in [0, 0.05) is 35.9 Å². The van der Waals surface area contributed by atoms with E-state index in [0.717, 1.165) is 17.7 Å². The average Bonchev–Trinajstić information content (AvgIpc) is 2.98. The van der Waals surface area contributed by atoms with E-state index in [-0.39, 0.29) is 0 Å². The standard InChI is InChI=1S/C17H22N4/c1-17(2)7-6-14(9-16(17)18-3)21-11-15(20-12-21)13-5-4-8-19-10-13/h4-5,8-12,16,18H,6-7H2,1-3H3. The van der Waals surface area contributed by atoms with Gasteiger partial charge in [0.2, 0.25) is 0 Å². The van der Waals surface area contributed by atoms with E-state index in [4.69, 9.17) is 0 Å². The summed E-state index contributed by atoms with van der Waals surface area (Å²) in [4.78, 5) is 8.66. The van der Waals surface area contributed by atoms with Crippen LogP contribution in [0.15, 0.2) is 43.1 Å². The molecule has 1 atom stereocenters. The smallest absolute Gasteiger partial charge is 0.0996 e. The van der Waals surface area contributed by atoms with Gasteiger partial charge in [0.1, 0.15) is 0 Å². The fraction of sp³-hybridized carbons (Fsp3) is 0.412. The lowest BCUT2D eigenvalue weighted by molar-refractivity contribution is 0.262. The summed E-state index contributed by atoms with van der Waals surface area (Å²) in [5.41, 5.74) is 3.63. The van der Waals surface area contributed by atoms with Crippen molar-refractivity contribution < 1.29 is 0 Å². The van der Waals surface area contributed by atoms with E-state index in [2.05, 4.69) is 46.0 Å². The molecule has 0 saturated carbocycles. The normalized spacial score (nSPS) is 21.1. The summed E-state index contributed by atoms with van der Waals surface area (Å²) in [6.45, 7) is 4.63. The summed E-state index contributed by atoms with van der Waals surface area (Å²) in [6.07, 6.45) is 12.2. The lowest BCUT2D eigenvalue weighted by atomic mass is 9.76. The third kappa shape index (κ3) is 2.76. The number of pyridine rings is 1. The van der Waals surface area contributed by atoms with Crippen molar-refractivity contribution in [2.24, 2.45) is 5.41 Å². The number of rotatable bonds is 3. The van der Waals surface area contributed by atoms with Gasteiger partial charge in [0.05, 0.1) is 12.0 Å². The second-order valence-corrected chi connectivity index (χ2v) is 6.32. The van der Waals surface area contributed by atoms with Crippen molar-refractivity contribution >= 4 is 5.70 Å². The molecule has 0 radical (unpaired) electrons. The zero-order valence-electron chi connectivity index (χ0n) is 12.9. The van der Waals surface area contributed by atoms with Crippen molar-refractivity contribution in [3.05, 3.63) is 43.1 Å². The predicted molar refractivity (Wildman–Crippen MR) is 85.6 cm³/mol. The van der Waals surface area contributed by atoms with Crippen LogP contribution in [-0.2, 0) is 0 Å². The fourth-order valence-corrected chi connectivity index (χ4v) is 2.94. The van der Waals surface area contributed by atoms with Crippen LogP contribution in [0.4, 0.5) is 0 Å². The number of hydrogen-bond acceptors (Lipinski definition) is 3. The largest absolute Gasteiger partial charge is 0.313 e. The minimum atomic E-state index is 0.297. The lowest BCUT2D eigenvalue weighted by Gasteiger charge is -2.37. The molecule has 1 aliphatic rings. The average molecular weight is 282 g/mol. The highest BCUT2D eigenvalue weighted by molar-refractivity contribution is 5.59. The molecular formula is C17H22N4. The van der Waals surface area contributed by atoms with Gasteiger partial charge in [0.15, 0.2) is 0 Å². The van der Waals surface area contributed by atoms with E-state index in [1.165, 1.54) is 12.1 Å². The van der Waals surface area contributed by atoms with E-state index in [0.29, 0.717) is 11.5 Å². The zero-order valence-corrected chi connectivity index (χ0v) is 12.9. The van der Waals surface area contributed by atoms with Crippen LogP contribution in [0.1, 0.15) is 26.7 Å². The van der Waals surface area contributed by atoms with Crippen LogP contribution in [0, 0.1) is 5.41 Å². The Morgan fingerprint density at radius 1 is 1.38 bits per heavy atom. The van der Waals surface area contributed by atoms with E-state index in [9.17, 15) is 0 Å². The second-order valence-electron chi connectivity index (χ2n) is 6.32. The number of hydrogen-bond donors (Lipinski definition) is 1. The Hall–Kier alpha value is -1.94. The molecule has 4 nitrogen and oxygen atoms in total. The van der Waals surface area contributed by atoms with E-state index in [1.54, 1.807) is 6.20 Å². The third-order valence-electron chi connectivity index (χ3n) is 4.41. The van der Waals surface area contributed by atoms with Crippen LogP contribution in [0.25, 0.3) is 17.0 Å². The van der Waals surface area contributed by atoms with Crippen molar-refractivity contribution in [1.82, 2.24) is 19.9 Å². The van der Waals surface area contributed by atoms with Gasteiger partial charge in [-0.2, -0.15) is 0 Å². The number of nitrogens with one attached hydrogen (secondary N) is 1. The molecule has 1 N–H and O–H groups in total. The van der Waals surface area contributed by atoms with Gasteiger partial charge in [-0.15, -0.1) is 0 Å². The SMILES string of the molecule is CNC1C=C(n2cnc(-c3cccnc3)c2)CCC1(C)C. The number of aromatic nitrogens is 3. The van der Waals surface area contributed by atoms with E-state index in [1.807, 2.05) is 31.7 Å². The summed E-state index contributed by atoms with van der Waals surface area (Å²) in [6, 6.07) is 4.37. The minimum absolute atomic E-state index is 0.297. The van der Waals surface area contributed by atoms with Gasteiger partial charge in [-0.25, -0.2) is 4.98 Å². The molecule has 0 amide bonds. The summed E-state index contributed by atoms with van der Waals surface area (Å²) in [7, 11) is 2.03. The highest BCUT2D eigenvalue weighted by atomic mass is 15.1. The molecule has 0 bridgehead atoms. The first-order valence-corrected chi connectivity index (χ1v) is 7.43. The Bertz CT molecular complexity index is 640. The maximum Gasteiger partial charge on any atom is 0.0996 e. The molecule has 3 rings (SSSR count). The highest BCUT2D eigenvalue weighted by Crippen LogP contribution is 2.36. The van der Waals surface area contributed by atoms with Gasteiger partial charge in [-0.1, -0.05) is 13.8 Å². The van der Waals surface area contributed by atoms with Gasteiger partial charge in [0.25, 0.3) is 0 Å². The predicted octanol–water partition coefficient (Wildman–Crippen LogP) is 3.19. The first-order chi connectivity index (χ1) is 10.1. The first-order valence-electron chi connectivity index (χ1n) is 7.43. The molecule has 2 aromatic heterocycles. The maximum atomic E-state index is 4.51. The third-order valence-corrected chi connectivity index (χ3v) is 4.41. The quantitative estimate of drug-likeness (QED) is 0.940. The molecule has 2 heterocycles. The van der Waals surface area contributed by atoms with Crippen LogP contribution in [0.2, 0.25) is 0 Å². The summed E-state index contributed by atoms with van der Waals surface area (Å²) in [5, 5.41) is 3.41. The van der Waals surface area contributed by atoms with Gasteiger partial charge < -0.3 is 9.88 Å². The number of imidazole rings is 1. The van der Waals surface area contributed by atoms with Crippen molar-refractivity contribution in [3.8, 4) is 11.3 Å². The molecule has 2 aromatic rings. The molecule has 110 valence electrons. The Labute approximate surface area is 125 Å². The van der Waals surface area contributed by atoms with Gasteiger partial charge >= 0.3 is 0 Å². The van der Waals surface area contributed by atoms with Crippen molar-refractivity contribution in [3.63, 3.8) is 0 Å². The molecule has 0 aliphatic heterocycles. The molecule has 0 aromatic carbocycles. The minimum Gasteiger partial charge on any atom is -0.313 e. The summed E-state index contributed by atoms with van der Waals surface area (Å²) in [5.74, 6) is 0. The van der Waals surface area contributed by atoms with Crippen LogP contribution in [0.5, 0.6) is 0 Å². The van der Waals surface area contributed by atoms with E-state index < -0.39 is 0 Å². The van der Waals surface area contributed by atoms with Crippen LogP contribution >= 0.6 is 0 Å². The lowest BCUT2D eigenvalue weighted by Crippen LogP contribution is -2.40. The van der Waals surface area contributed by atoms with Crippen LogP contribution in [0.3, 0.4) is 0 Å². The van der Waals surface area contributed by atoms with Crippen molar-refractivity contribution in [2.45, 2.75) is 32.7 Å². The Morgan fingerprint density at radius 2 is 2.24 bits per heavy atom. The molecule has 0 fully saturated rings. The molecule has 0 saturated heterocycles. The topological polar surface area (TPSA) is 42.7 Å². The molecule has 21 heavy (non-hydrogen) atoms. The fourth-order valence-electron chi connectivity index (χ4n) is 2.94.